The molecule has 2 fully saturated rings. The van der Waals surface area contributed by atoms with Gasteiger partial charge >= 0.3 is 11.9 Å². The first-order valence-electron chi connectivity index (χ1n) is 14.5. The van der Waals surface area contributed by atoms with E-state index in [-0.39, 0.29) is 25.2 Å². The van der Waals surface area contributed by atoms with Crippen molar-refractivity contribution in [1.29, 1.82) is 0 Å². The number of hydrogen-bond acceptors (Lipinski definition) is 9. The SMILES string of the molecule is C=CC(=O)Cl.C=CC(=O)OCC.C=CC(=O)OCCOCC1CCCCC1.CCO.OCCOCC1CCCCC1. The molecule has 0 radical (unpaired) electrons. The van der Waals surface area contributed by atoms with Crippen LogP contribution in [0, 0.1) is 11.8 Å². The van der Waals surface area contributed by atoms with Crippen molar-refractivity contribution in [3.05, 3.63) is 38.0 Å². The minimum atomic E-state index is -0.509. The summed E-state index contributed by atoms with van der Waals surface area (Å²) in [7, 11) is 0. The van der Waals surface area contributed by atoms with Crippen LogP contribution in [-0.2, 0) is 33.3 Å². The predicted molar refractivity (Wildman–Crippen MR) is 164 cm³/mol. The van der Waals surface area contributed by atoms with Crippen LogP contribution in [-0.4, -0.2) is 80.2 Å². The molecule has 2 aliphatic rings. The number of ether oxygens (including phenoxy) is 4. The Hall–Kier alpha value is -2.04. The first kappa shape index (κ1) is 43.4. The molecule has 2 aliphatic carbocycles. The first-order chi connectivity index (χ1) is 19.7. The minimum Gasteiger partial charge on any atom is -0.463 e. The van der Waals surface area contributed by atoms with Crippen LogP contribution in [0.2, 0.25) is 0 Å². The van der Waals surface area contributed by atoms with Crippen LogP contribution < -0.4 is 0 Å². The quantitative estimate of drug-likeness (QED) is 0.120. The third-order valence-electron chi connectivity index (χ3n) is 5.64. The fourth-order valence-electron chi connectivity index (χ4n) is 3.73. The molecular formula is C31H55ClO9. The van der Waals surface area contributed by atoms with Gasteiger partial charge in [0.1, 0.15) is 6.61 Å². The highest BCUT2D eigenvalue weighted by molar-refractivity contribution is 6.66. The Morgan fingerprint density at radius 2 is 1.10 bits per heavy atom. The van der Waals surface area contributed by atoms with E-state index in [9.17, 15) is 14.4 Å². The number of allylic oxidation sites excluding steroid dienone is 1. The van der Waals surface area contributed by atoms with Crippen LogP contribution in [0.5, 0.6) is 0 Å². The number of aliphatic hydroxyl groups is 2. The summed E-state index contributed by atoms with van der Waals surface area (Å²) in [5.41, 5.74) is 0. The summed E-state index contributed by atoms with van der Waals surface area (Å²) < 4.78 is 20.0. The average Bonchev–Trinajstić information content (AvgIpc) is 2.99. The molecule has 2 N–H and O–H groups in total. The molecular weight excluding hydrogens is 552 g/mol. The maximum absolute atomic E-state index is 10.7. The summed E-state index contributed by atoms with van der Waals surface area (Å²) in [6, 6.07) is 0. The summed E-state index contributed by atoms with van der Waals surface area (Å²) in [6.07, 6.45) is 16.7. The third-order valence-corrected chi connectivity index (χ3v) is 5.80. The summed E-state index contributed by atoms with van der Waals surface area (Å²) >= 11 is 4.71. The van der Waals surface area contributed by atoms with Crippen LogP contribution in [0.25, 0.3) is 0 Å². The Bertz CT molecular complexity index is 643. The number of esters is 2. The van der Waals surface area contributed by atoms with Crippen molar-refractivity contribution in [2.75, 3.05) is 52.9 Å². The van der Waals surface area contributed by atoms with Crippen LogP contribution in [0.4, 0.5) is 0 Å². The molecule has 9 nitrogen and oxygen atoms in total. The van der Waals surface area contributed by atoms with Gasteiger partial charge in [0.25, 0.3) is 0 Å². The van der Waals surface area contributed by atoms with E-state index in [0.29, 0.717) is 32.3 Å². The standard InChI is InChI=1S/C12H20O3.C9H18O2.C5H8O2.C3H3ClO.C2H6O/c1-2-12(13)15-9-8-14-10-11-6-4-3-5-7-11;10-6-7-11-8-9-4-2-1-3-5-9;1-3-5(6)7-4-2;1-2-3(4)5;1-2-3/h2,11H,1,3-10H2;9-10H,1-8H2;3H,1,4H2,2H3;2H,1H2;3H,2H2,1H3. The van der Waals surface area contributed by atoms with E-state index in [2.05, 4.69) is 24.5 Å². The van der Waals surface area contributed by atoms with E-state index in [1.807, 2.05) is 0 Å². The Kier molecular flexibility index (Phi) is 38.1. The first-order valence-corrected chi connectivity index (χ1v) is 14.9. The molecule has 0 aromatic heterocycles. The lowest BCUT2D eigenvalue weighted by Crippen LogP contribution is -2.16. The second-order valence-electron chi connectivity index (χ2n) is 9.03. The Morgan fingerprint density at radius 3 is 1.41 bits per heavy atom. The number of carbonyl (C=O) groups is 3. The van der Waals surface area contributed by atoms with E-state index in [1.54, 1.807) is 13.8 Å². The number of halogens is 1. The van der Waals surface area contributed by atoms with Gasteiger partial charge in [0.05, 0.1) is 26.4 Å². The topological polar surface area (TPSA) is 129 Å². The number of aliphatic hydroxyl groups excluding tert-OH is 2. The highest BCUT2D eigenvalue weighted by Crippen LogP contribution is 2.24. The van der Waals surface area contributed by atoms with E-state index >= 15 is 0 Å². The maximum atomic E-state index is 10.7. The Labute approximate surface area is 252 Å². The van der Waals surface area contributed by atoms with Crippen molar-refractivity contribution in [3.63, 3.8) is 0 Å². The summed E-state index contributed by atoms with van der Waals surface area (Å²) in [4.78, 5) is 30.2. The second-order valence-corrected chi connectivity index (χ2v) is 9.41. The molecule has 2 saturated carbocycles. The molecule has 0 atom stereocenters. The molecule has 41 heavy (non-hydrogen) atoms. The molecule has 0 amide bonds. The van der Waals surface area contributed by atoms with Gasteiger partial charge in [-0.2, -0.15) is 0 Å². The van der Waals surface area contributed by atoms with Crippen LogP contribution in [0.3, 0.4) is 0 Å². The van der Waals surface area contributed by atoms with Crippen molar-refractivity contribution in [2.24, 2.45) is 11.8 Å². The summed E-state index contributed by atoms with van der Waals surface area (Å²) in [5.74, 6) is 0.753. The zero-order valence-electron chi connectivity index (χ0n) is 25.4. The van der Waals surface area contributed by atoms with E-state index in [1.165, 1.54) is 70.3 Å². The van der Waals surface area contributed by atoms with E-state index < -0.39 is 5.24 Å². The van der Waals surface area contributed by atoms with Gasteiger partial charge < -0.3 is 29.2 Å². The molecule has 240 valence electrons. The van der Waals surface area contributed by atoms with E-state index in [4.69, 9.17) is 36.0 Å². The molecule has 0 saturated heterocycles. The van der Waals surface area contributed by atoms with Crippen molar-refractivity contribution < 1.29 is 43.5 Å². The largest absolute Gasteiger partial charge is 0.463 e. The highest BCUT2D eigenvalue weighted by atomic mass is 35.5. The number of hydrogen-bond donors (Lipinski definition) is 2. The van der Waals surface area contributed by atoms with Gasteiger partial charge in [-0.1, -0.05) is 58.3 Å². The van der Waals surface area contributed by atoms with Crippen molar-refractivity contribution in [3.8, 4) is 0 Å². The predicted octanol–water partition coefficient (Wildman–Crippen LogP) is 5.56. The van der Waals surface area contributed by atoms with Gasteiger partial charge in [0.2, 0.25) is 5.24 Å². The molecule has 2 rings (SSSR count). The molecule has 0 aliphatic heterocycles. The molecule has 0 heterocycles. The van der Waals surface area contributed by atoms with Gasteiger partial charge in [0, 0.05) is 32.0 Å². The van der Waals surface area contributed by atoms with Crippen molar-refractivity contribution in [1.82, 2.24) is 0 Å². The monoisotopic (exact) mass is 606 g/mol. The zero-order valence-corrected chi connectivity index (χ0v) is 26.1. The molecule has 10 heteroatoms. The Morgan fingerprint density at radius 1 is 0.707 bits per heavy atom. The van der Waals surface area contributed by atoms with Gasteiger partial charge in [-0.3, -0.25) is 4.79 Å². The molecule has 0 aromatic carbocycles. The molecule has 0 spiro atoms. The highest BCUT2D eigenvalue weighted by Gasteiger charge is 2.13. The summed E-state index contributed by atoms with van der Waals surface area (Å²) in [6.45, 7) is 16.9. The zero-order chi connectivity index (χ0) is 31.6. The van der Waals surface area contributed by atoms with Gasteiger partial charge in [0.15, 0.2) is 0 Å². The van der Waals surface area contributed by atoms with Gasteiger partial charge in [-0.05, 0) is 69.0 Å². The van der Waals surface area contributed by atoms with Gasteiger partial charge in [-0.25, -0.2) is 9.59 Å². The van der Waals surface area contributed by atoms with Crippen LogP contribution in [0.15, 0.2) is 38.0 Å². The van der Waals surface area contributed by atoms with Gasteiger partial charge in [-0.15, -0.1) is 0 Å². The molecule has 0 bridgehead atoms. The lowest BCUT2D eigenvalue weighted by atomic mass is 9.90. The maximum Gasteiger partial charge on any atom is 0.330 e. The van der Waals surface area contributed by atoms with Crippen molar-refractivity contribution in [2.45, 2.75) is 78.1 Å². The lowest BCUT2D eigenvalue weighted by Gasteiger charge is -2.21. The number of rotatable bonds is 13. The smallest absolute Gasteiger partial charge is 0.330 e. The molecule has 0 unspecified atom stereocenters. The fourth-order valence-corrected chi connectivity index (χ4v) is 3.73. The van der Waals surface area contributed by atoms with Crippen LogP contribution >= 0.6 is 11.6 Å². The fraction of sp³-hybridized carbons (Fsp3) is 0.710. The summed E-state index contributed by atoms with van der Waals surface area (Å²) in [5, 5.41) is 15.5. The second kappa shape index (κ2) is 36.0. The minimum absolute atomic E-state index is 0.159. The number of carbonyl (C=O) groups excluding carboxylic acids is 3. The third kappa shape index (κ3) is 38.0. The average molecular weight is 607 g/mol. The lowest BCUT2D eigenvalue weighted by molar-refractivity contribution is -0.139. The Balaban J connectivity index is -0.000000488. The normalized spacial score (nSPS) is 14.4. The van der Waals surface area contributed by atoms with Crippen molar-refractivity contribution >= 4 is 28.8 Å². The van der Waals surface area contributed by atoms with Crippen LogP contribution in [0.1, 0.15) is 78.1 Å². The molecule has 0 aromatic rings. The van der Waals surface area contributed by atoms with E-state index in [0.717, 1.165) is 31.3 Å².